The van der Waals surface area contributed by atoms with E-state index in [1.165, 1.54) is 12.8 Å². The molecule has 0 aromatic rings. The van der Waals surface area contributed by atoms with Crippen LogP contribution in [0.25, 0.3) is 0 Å². The molecule has 0 spiro atoms. The first kappa shape index (κ1) is 16.7. The number of hydrogen-bond acceptors (Lipinski definition) is 2. The third-order valence-electron chi connectivity index (χ3n) is 2.58. The molecule has 1 unspecified atom stereocenters. The van der Waals surface area contributed by atoms with Gasteiger partial charge in [0.15, 0.2) is 5.96 Å². The Labute approximate surface area is 111 Å². The van der Waals surface area contributed by atoms with Gasteiger partial charge in [-0.1, -0.05) is 26.7 Å². The van der Waals surface area contributed by atoms with Crippen molar-refractivity contribution in [2.45, 2.75) is 53.0 Å². The fourth-order valence-electron chi connectivity index (χ4n) is 1.61. The Morgan fingerprint density at radius 2 is 1.94 bits per heavy atom. The second kappa shape index (κ2) is 9.74. The molecule has 0 fully saturated rings. The average molecular weight is 256 g/mol. The summed E-state index contributed by atoms with van der Waals surface area (Å²) in [6.45, 7) is 9.11. The van der Waals surface area contributed by atoms with Crippen LogP contribution in [0.15, 0.2) is 4.99 Å². The minimum Gasteiger partial charge on any atom is -0.370 e. The van der Waals surface area contributed by atoms with Crippen molar-refractivity contribution in [3.63, 3.8) is 0 Å². The van der Waals surface area contributed by atoms with Crippen molar-refractivity contribution >= 4 is 11.9 Å². The van der Waals surface area contributed by atoms with Crippen molar-refractivity contribution < 1.29 is 4.79 Å². The third kappa shape index (κ3) is 9.93. The average Bonchev–Trinajstić information content (AvgIpc) is 2.26. The first-order valence-corrected chi connectivity index (χ1v) is 6.78. The number of carbonyl (C=O) groups is 1. The molecule has 5 nitrogen and oxygen atoms in total. The van der Waals surface area contributed by atoms with Gasteiger partial charge in [0.1, 0.15) is 6.54 Å². The van der Waals surface area contributed by atoms with Crippen molar-refractivity contribution in [1.29, 1.82) is 0 Å². The van der Waals surface area contributed by atoms with E-state index in [4.69, 9.17) is 5.73 Å². The molecule has 106 valence electrons. The zero-order valence-corrected chi connectivity index (χ0v) is 12.1. The van der Waals surface area contributed by atoms with Crippen molar-refractivity contribution in [2.24, 2.45) is 16.6 Å². The molecule has 0 aliphatic rings. The zero-order chi connectivity index (χ0) is 14.0. The highest BCUT2D eigenvalue weighted by molar-refractivity contribution is 5.83. The van der Waals surface area contributed by atoms with Crippen LogP contribution in [-0.2, 0) is 4.79 Å². The van der Waals surface area contributed by atoms with E-state index in [9.17, 15) is 4.79 Å². The maximum Gasteiger partial charge on any atom is 0.241 e. The molecule has 0 aromatic carbocycles. The minimum absolute atomic E-state index is 0.0887. The second-order valence-corrected chi connectivity index (χ2v) is 5.03. The number of aliphatic imine (C=N–C) groups is 1. The van der Waals surface area contributed by atoms with Gasteiger partial charge in [0.25, 0.3) is 0 Å². The molecule has 0 saturated heterocycles. The summed E-state index contributed by atoms with van der Waals surface area (Å²) in [4.78, 5) is 15.2. The predicted molar refractivity (Wildman–Crippen MR) is 76.5 cm³/mol. The Balaban J connectivity index is 3.81. The Morgan fingerprint density at radius 1 is 1.28 bits per heavy atom. The van der Waals surface area contributed by atoms with Crippen LogP contribution in [0, 0.1) is 5.92 Å². The minimum atomic E-state index is -0.102. The molecule has 1 amide bonds. The first-order valence-electron chi connectivity index (χ1n) is 6.78. The molecule has 0 rings (SSSR count). The lowest BCUT2D eigenvalue weighted by Gasteiger charge is -2.14. The van der Waals surface area contributed by atoms with Crippen LogP contribution in [0.2, 0.25) is 0 Å². The van der Waals surface area contributed by atoms with Gasteiger partial charge in [-0.25, -0.2) is 4.99 Å². The first-order chi connectivity index (χ1) is 8.45. The lowest BCUT2D eigenvalue weighted by molar-refractivity contribution is -0.119. The number of amides is 1. The van der Waals surface area contributed by atoms with Gasteiger partial charge in [-0.05, 0) is 26.2 Å². The van der Waals surface area contributed by atoms with Crippen LogP contribution in [0.3, 0.4) is 0 Å². The Hall–Kier alpha value is -1.26. The van der Waals surface area contributed by atoms with Crippen molar-refractivity contribution in [3.05, 3.63) is 0 Å². The van der Waals surface area contributed by atoms with Crippen molar-refractivity contribution in [3.8, 4) is 0 Å². The second-order valence-electron chi connectivity index (χ2n) is 5.03. The monoisotopic (exact) mass is 256 g/mol. The van der Waals surface area contributed by atoms with E-state index in [1.807, 2.05) is 6.92 Å². The molecule has 0 aliphatic heterocycles. The fraction of sp³-hybridized carbons (Fsp3) is 0.846. The lowest BCUT2D eigenvalue weighted by Crippen LogP contribution is -2.39. The Kier molecular flexibility index (Phi) is 9.06. The summed E-state index contributed by atoms with van der Waals surface area (Å²) < 4.78 is 0. The summed E-state index contributed by atoms with van der Waals surface area (Å²) in [6, 6.07) is 0.293. The summed E-state index contributed by atoms with van der Waals surface area (Å²) in [6.07, 6.45) is 3.47. The van der Waals surface area contributed by atoms with Gasteiger partial charge < -0.3 is 16.4 Å². The highest BCUT2D eigenvalue weighted by Crippen LogP contribution is 2.07. The number of carbonyl (C=O) groups excluding carboxylic acids is 1. The molecule has 0 heterocycles. The highest BCUT2D eigenvalue weighted by Gasteiger charge is 2.04. The number of rotatable bonds is 8. The van der Waals surface area contributed by atoms with E-state index >= 15 is 0 Å². The number of likely N-dealkylation sites (N-methyl/N-ethyl adjacent to an activating group) is 1. The van der Waals surface area contributed by atoms with E-state index < -0.39 is 0 Å². The maximum atomic E-state index is 11.2. The SMILES string of the molecule is CCNC(=O)CN=C(N)NC(C)CCCC(C)C. The molecule has 0 aromatic heterocycles. The van der Waals surface area contributed by atoms with Gasteiger partial charge in [-0.15, -0.1) is 0 Å². The lowest BCUT2D eigenvalue weighted by atomic mass is 10.0. The topological polar surface area (TPSA) is 79.5 Å². The van der Waals surface area contributed by atoms with Crippen LogP contribution in [0.1, 0.15) is 47.0 Å². The summed E-state index contributed by atoms with van der Waals surface area (Å²) in [5, 5.41) is 5.77. The molecular weight excluding hydrogens is 228 g/mol. The predicted octanol–water partition coefficient (Wildman–Crippen LogP) is 1.24. The molecule has 4 N–H and O–H groups in total. The quantitative estimate of drug-likeness (QED) is 0.451. The highest BCUT2D eigenvalue weighted by atomic mass is 16.1. The number of hydrogen-bond donors (Lipinski definition) is 3. The Morgan fingerprint density at radius 3 is 2.50 bits per heavy atom. The molecule has 1 atom stereocenters. The normalized spacial score (nSPS) is 13.5. The fourth-order valence-corrected chi connectivity index (χ4v) is 1.61. The van der Waals surface area contributed by atoms with Crippen molar-refractivity contribution in [1.82, 2.24) is 10.6 Å². The van der Waals surface area contributed by atoms with Crippen LogP contribution in [-0.4, -0.2) is 31.0 Å². The number of guanidine groups is 1. The van der Waals surface area contributed by atoms with Gasteiger partial charge in [0.2, 0.25) is 5.91 Å². The molecule has 5 heteroatoms. The van der Waals surface area contributed by atoms with Crippen LogP contribution < -0.4 is 16.4 Å². The van der Waals surface area contributed by atoms with E-state index in [-0.39, 0.29) is 12.5 Å². The molecule has 0 radical (unpaired) electrons. The summed E-state index contributed by atoms with van der Waals surface area (Å²) in [7, 11) is 0. The maximum absolute atomic E-state index is 11.2. The summed E-state index contributed by atoms with van der Waals surface area (Å²) >= 11 is 0. The van der Waals surface area contributed by atoms with Gasteiger partial charge in [-0.3, -0.25) is 4.79 Å². The largest absolute Gasteiger partial charge is 0.370 e. The van der Waals surface area contributed by atoms with E-state index in [0.717, 1.165) is 12.3 Å². The smallest absolute Gasteiger partial charge is 0.241 e. The van der Waals surface area contributed by atoms with Gasteiger partial charge in [-0.2, -0.15) is 0 Å². The molecule has 0 aliphatic carbocycles. The third-order valence-corrected chi connectivity index (χ3v) is 2.58. The van der Waals surface area contributed by atoms with E-state index in [0.29, 0.717) is 18.5 Å². The number of nitrogens with one attached hydrogen (secondary N) is 2. The molecule has 0 saturated carbocycles. The molecule has 0 bridgehead atoms. The Bertz CT molecular complexity index is 264. The van der Waals surface area contributed by atoms with Crippen LogP contribution in [0.4, 0.5) is 0 Å². The van der Waals surface area contributed by atoms with Gasteiger partial charge in [0, 0.05) is 12.6 Å². The van der Waals surface area contributed by atoms with Gasteiger partial charge >= 0.3 is 0 Å². The molecular formula is C13H28N4O. The van der Waals surface area contributed by atoms with Crippen molar-refractivity contribution in [2.75, 3.05) is 13.1 Å². The molecule has 18 heavy (non-hydrogen) atoms. The summed E-state index contributed by atoms with van der Waals surface area (Å²) in [5.41, 5.74) is 5.71. The van der Waals surface area contributed by atoms with Crippen LogP contribution >= 0.6 is 0 Å². The van der Waals surface area contributed by atoms with E-state index in [2.05, 4.69) is 36.4 Å². The number of nitrogens with zero attached hydrogens (tertiary/aromatic N) is 1. The van der Waals surface area contributed by atoms with Crippen LogP contribution in [0.5, 0.6) is 0 Å². The van der Waals surface area contributed by atoms with Gasteiger partial charge in [0.05, 0.1) is 0 Å². The van der Waals surface area contributed by atoms with E-state index in [1.54, 1.807) is 0 Å². The number of nitrogens with two attached hydrogens (primary N) is 1. The standard InChI is InChI=1S/C13H28N4O/c1-5-15-12(18)9-16-13(14)17-11(4)8-6-7-10(2)3/h10-11H,5-9H2,1-4H3,(H,15,18)(H3,14,16,17). The summed E-state index contributed by atoms with van der Waals surface area (Å²) in [5.74, 6) is 0.981. The zero-order valence-electron chi connectivity index (χ0n) is 12.1.